The molecule has 0 amide bonds. The van der Waals surface area contributed by atoms with Crippen LogP contribution in [0.2, 0.25) is 0 Å². The van der Waals surface area contributed by atoms with E-state index in [0.29, 0.717) is 6.42 Å². The number of hydrogen-bond donors (Lipinski definition) is 0. The molecule has 1 aliphatic rings. The minimum atomic E-state index is -9.26. The van der Waals surface area contributed by atoms with Gasteiger partial charge in [-0.25, -0.2) is 0 Å². The molecular weight excluding hydrogens is 279 g/mol. The van der Waals surface area contributed by atoms with Gasteiger partial charge in [-0.2, -0.15) is 0 Å². The van der Waals surface area contributed by atoms with E-state index in [1.165, 1.54) is 0 Å². The van der Waals surface area contributed by atoms with E-state index >= 15 is 0 Å². The van der Waals surface area contributed by atoms with Gasteiger partial charge in [0.1, 0.15) is 5.25 Å². The van der Waals surface area contributed by atoms with E-state index in [4.69, 9.17) is 0 Å². The summed E-state index contributed by atoms with van der Waals surface area (Å²) in [7, 11) is -9.26. The molecular formula is C6H10BrF5S. The molecule has 1 saturated carbocycles. The lowest BCUT2D eigenvalue weighted by Crippen LogP contribution is -2.35. The molecule has 1 aliphatic carbocycles. The van der Waals surface area contributed by atoms with E-state index in [2.05, 4.69) is 15.9 Å². The van der Waals surface area contributed by atoms with Crippen LogP contribution in [0.4, 0.5) is 19.4 Å². The average Bonchev–Trinajstić information content (AvgIpc) is 1.82. The summed E-state index contributed by atoms with van der Waals surface area (Å²) in [5.41, 5.74) is 0. The molecule has 1 fully saturated rings. The van der Waals surface area contributed by atoms with E-state index in [1.54, 1.807) is 0 Å². The van der Waals surface area contributed by atoms with Gasteiger partial charge in [0.15, 0.2) is 0 Å². The fourth-order valence-corrected chi connectivity index (χ4v) is 4.67. The van der Waals surface area contributed by atoms with Gasteiger partial charge in [0.25, 0.3) is 10.2 Å². The van der Waals surface area contributed by atoms with Crippen molar-refractivity contribution in [3.8, 4) is 0 Å². The Morgan fingerprint density at radius 1 is 0.923 bits per heavy atom. The van der Waals surface area contributed by atoms with Crippen molar-refractivity contribution in [3.63, 3.8) is 0 Å². The number of hydrogen-bond acceptors (Lipinski definition) is 0. The van der Waals surface area contributed by atoms with Crippen LogP contribution in [0.5, 0.6) is 0 Å². The molecule has 0 heterocycles. The quantitative estimate of drug-likeness (QED) is 0.471. The first-order chi connectivity index (χ1) is 5.50. The highest BCUT2D eigenvalue weighted by atomic mass is 79.9. The van der Waals surface area contributed by atoms with Crippen molar-refractivity contribution >= 4 is 26.2 Å². The molecule has 0 spiro atoms. The van der Waals surface area contributed by atoms with E-state index in [1.807, 2.05) is 0 Å². The average molecular weight is 289 g/mol. The van der Waals surface area contributed by atoms with E-state index in [-0.39, 0.29) is 12.8 Å². The topological polar surface area (TPSA) is 0 Å². The highest BCUT2D eigenvalue weighted by molar-refractivity contribution is 9.09. The van der Waals surface area contributed by atoms with Crippen molar-refractivity contribution in [2.24, 2.45) is 0 Å². The molecule has 0 radical (unpaired) electrons. The lowest BCUT2D eigenvalue weighted by Gasteiger charge is -2.50. The molecule has 2 atom stereocenters. The second-order valence-electron chi connectivity index (χ2n) is 3.37. The predicted octanol–water partition coefficient (Wildman–Crippen LogP) is 4.99. The Hall–Kier alpha value is 0.480. The molecule has 0 aliphatic heterocycles. The molecule has 0 saturated heterocycles. The maximum absolute atomic E-state index is 12.3. The molecule has 0 aromatic rings. The largest absolute Gasteiger partial charge is 0.289 e. The number of halogens is 6. The van der Waals surface area contributed by atoms with Crippen molar-refractivity contribution in [1.29, 1.82) is 0 Å². The highest BCUT2D eigenvalue weighted by Crippen LogP contribution is 3.01. The number of rotatable bonds is 1. The standard InChI is InChI=1S/C6H10BrF5S/c7-5-3-1-2-4-6(5)13(8,9,10,11)12/h5-6H,1-4H2. The van der Waals surface area contributed by atoms with Gasteiger partial charge in [-0.1, -0.05) is 48.2 Å². The van der Waals surface area contributed by atoms with Crippen LogP contribution in [0.3, 0.4) is 0 Å². The van der Waals surface area contributed by atoms with Crippen molar-refractivity contribution in [2.45, 2.75) is 35.8 Å². The van der Waals surface area contributed by atoms with Crippen LogP contribution in [0.25, 0.3) is 0 Å². The lowest BCUT2D eigenvalue weighted by atomic mass is 10.0. The van der Waals surface area contributed by atoms with Crippen LogP contribution in [-0.4, -0.2) is 10.1 Å². The third-order valence-corrected chi connectivity index (χ3v) is 5.35. The Labute approximate surface area is 81.7 Å². The molecule has 0 nitrogen and oxygen atoms in total. The molecule has 13 heavy (non-hydrogen) atoms. The van der Waals surface area contributed by atoms with Gasteiger partial charge < -0.3 is 0 Å². The minimum Gasteiger partial charge on any atom is -0.0975 e. The Bertz CT molecular complexity index is 208. The molecule has 7 heteroatoms. The van der Waals surface area contributed by atoms with Gasteiger partial charge in [-0.15, -0.1) is 0 Å². The van der Waals surface area contributed by atoms with Crippen LogP contribution < -0.4 is 0 Å². The maximum atomic E-state index is 12.3. The summed E-state index contributed by atoms with van der Waals surface area (Å²) >= 11 is 2.69. The van der Waals surface area contributed by atoms with Gasteiger partial charge in [0.2, 0.25) is 0 Å². The van der Waals surface area contributed by atoms with Crippen LogP contribution in [-0.2, 0) is 0 Å². The van der Waals surface area contributed by atoms with Gasteiger partial charge in [0, 0.05) is 4.83 Å². The smallest absolute Gasteiger partial charge is 0.0975 e. The Morgan fingerprint density at radius 2 is 1.38 bits per heavy atom. The second kappa shape index (κ2) is 2.53. The zero-order chi connectivity index (χ0) is 10.4. The Morgan fingerprint density at radius 3 is 1.69 bits per heavy atom. The summed E-state index contributed by atoms with van der Waals surface area (Å²) in [6.45, 7) is 0. The van der Waals surface area contributed by atoms with Crippen molar-refractivity contribution < 1.29 is 19.4 Å². The van der Waals surface area contributed by atoms with Crippen molar-refractivity contribution in [2.75, 3.05) is 0 Å². The first-order valence-electron chi connectivity index (χ1n) is 3.88. The van der Waals surface area contributed by atoms with Gasteiger partial charge in [-0.3, -0.25) is 0 Å². The summed E-state index contributed by atoms with van der Waals surface area (Å²) in [4.78, 5) is -1.11. The maximum Gasteiger partial charge on any atom is 0.289 e. The molecule has 0 N–H and O–H groups in total. The Kier molecular flexibility index (Phi) is 2.25. The van der Waals surface area contributed by atoms with Crippen LogP contribution in [0, 0.1) is 0 Å². The highest BCUT2D eigenvalue weighted by Gasteiger charge is 2.71. The van der Waals surface area contributed by atoms with Crippen LogP contribution in [0.1, 0.15) is 25.7 Å². The summed E-state index contributed by atoms with van der Waals surface area (Å²) in [6.07, 6.45) is 0.545. The fraction of sp³-hybridized carbons (Fsp3) is 1.00. The molecule has 0 aromatic carbocycles. The summed E-state index contributed by atoms with van der Waals surface area (Å²) in [5.74, 6) is 0. The predicted molar refractivity (Wildman–Crippen MR) is 48.1 cm³/mol. The molecule has 0 aromatic heterocycles. The Balaban J connectivity index is 2.94. The van der Waals surface area contributed by atoms with E-state index in [0.717, 1.165) is 0 Å². The fourth-order valence-electron chi connectivity index (χ4n) is 1.55. The van der Waals surface area contributed by atoms with Gasteiger partial charge in [-0.05, 0) is 12.8 Å². The minimum absolute atomic E-state index is 0.177. The molecule has 0 bridgehead atoms. The third kappa shape index (κ3) is 2.97. The summed E-state index contributed by atoms with van der Waals surface area (Å²) < 4.78 is 61.6. The lowest BCUT2D eigenvalue weighted by molar-refractivity contribution is 0.319. The molecule has 2 unspecified atom stereocenters. The summed E-state index contributed by atoms with van der Waals surface area (Å²) in [6, 6.07) is 0. The van der Waals surface area contributed by atoms with E-state index in [9.17, 15) is 19.4 Å². The molecule has 82 valence electrons. The van der Waals surface area contributed by atoms with Gasteiger partial charge in [0.05, 0.1) is 0 Å². The van der Waals surface area contributed by atoms with Crippen LogP contribution in [0.15, 0.2) is 0 Å². The monoisotopic (exact) mass is 288 g/mol. The SMILES string of the molecule is FS(F)(F)(F)(F)C1CCCCC1Br. The van der Waals surface area contributed by atoms with Crippen molar-refractivity contribution in [3.05, 3.63) is 0 Å². The van der Waals surface area contributed by atoms with Crippen molar-refractivity contribution in [1.82, 2.24) is 0 Å². The first-order valence-corrected chi connectivity index (χ1v) is 6.81. The molecule has 1 rings (SSSR count). The zero-order valence-corrected chi connectivity index (χ0v) is 9.06. The number of alkyl halides is 1. The normalized spacial score (nSPS) is 36.5. The second-order valence-corrected chi connectivity index (χ2v) is 7.21. The zero-order valence-electron chi connectivity index (χ0n) is 6.66. The van der Waals surface area contributed by atoms with Gasteiger partial charge >= 0.3 is 0 Å². The summed E-state index contributed by atoms with van der Waals surface area (Å²) in [5, 5.41) is -2.44. The third-order valence-electron chi connectivity index (χ3n) is 2.19. The van der Waals surface area contributed by atoms with E-state index < -0.39 is 26.7 Å². The first kappa shape index (κ1) is 11.6. The van der Waals surface area contributed by atoms with Crippen LogP contribution >= 0.6 is 26.2 Å².